The molecule has 0 radical (unpaired) electrons. The van der Waals surface area contributed by atoms with Gasteiger partial charge in [0.2, 0.25) is 5.91 Å². The van der Waals surface area contributed by atoms with Gasteiger partial charge in [-0.25, -0.2) is 4.79 Å². The van der Waals surface area contributed by atoms with Gasteiger partial charge in [-0.05, 0) is 76.9 Å². The Morgan fingerprint density at radius 2 is 1.68 bits per heavy atom. The van der Waals surface area contributed by atoms with Gasteiger partial charge in [-0.15, -0.1) is 0 Å². The highest BCUT2D eigenvalue weighted by atomic mass is 16.2. The van der Waals surface area contributed by atoms with Crippen molar-refractivity contribution in [3.8, 4) is 0 Å². The van der Waals surface area contributed by atoms with Crippen LogP contribution in [0.2, 0.25) is 0 Å². The molecule has 0 aromatic heterocycles. The molecule has 0 bridgehead atoms. The lowest BCUT2D eigenvalue weighted by molar-refractivity contribution is -0.130. The van der Waals surface area contributed by atoms with E-state index in [4.69, 9.17) is 0 Å². The molecule has 3 amide bonds. The van der Waals surface area contributed by atoms with E-state index < -0.39 is 0 Å². The van der Waals surface area contributed by atoms with E-state index in [1.165, 1.54) is 24.8 Å². The third kappa shape index (κ3) is 4.23. The van der Waals surface area contributed by atoms with Gasteiger partial charge >= 0.3 is 6.03 Å². The first-order valence-electron chi connectivity index (χ1n) is 13.5. The van der Waals surface area contributed by atoms with Crippen LogP contribution in [0.15, 0.2) is 30.3 Å². The molecule has 0 N–H and O–H groups in total. The van der Waals surface area contributed by atoms with Crippen molar-refractivity contribution in [2.45, 2.75) is 75.3 Å². The summed E-state index contributed by atoms with van der Waals surface area (Å²) in [5.41, 5.74) is 1.33. The number of carbonyl (C=O) groups is 2. The van der Waals surface area contributed by atoms with Crippen LogP contribution in [0.1, 0.15) is 69.8 Å². The summed E-state index contributed by atoms with van der Waals surface area (Å²) in [6.07, 6.45) is 10.6. The molecule has 2 heterocycles. The Hall–Kier alpha value is -2.08. The maximum atomic E-state index is 13.7. The molecular formula is C28H42N4O2. The molecule has 6 nitrogen and oxygen atoms in total. The predicted molar refractivity (Wildman–Crippen MR) is 134 cm³/mol. The number of amides is 3. The fourth-order valence-corrected chi connectivity index (χ4v) is 6.92. The largest absolute Gasteiger partial charge is 0.343 e. The van der Waals surface area contributed by atoms with Gasteiger partial charge in [0.05, 0.1) is 5.54 Å². The second kappa shape index (κ2) is 9.52. The van der Waals surface area contributed by atoms with Gasteiger partial charge in [0.15, 0.2) is 0 Å². The first kappa shape index (κ1) is 23.7. The molecule has 6 heteroatoms. The molecule has 4 aliphatic rings. The Morgan fingerprint density at radius 1 is 1.00 bits per heavy atom. The van der Waals surface area contributed by atoms with Gasteiger partial charge in [-0.3, -0.25) is 9.69 Å². The average Bonchev–Trinajstić information content (AvgIpc) is 3.44. The molecule has 186 valence electrons. The number of rotatable bonds is 7. The minimum atomic E-state index is -0.0857. The highest BCUT2D eigenvalue weighted by molar-refractivity contribution is 5.80. The topological polar surface area (TPSA) is 47.1 Å². The minimum Gasteiger partial charge on any atom is -0.343 e. The number of hydrogen-bond acceptors (Lipinski definition) is 3. The molecule has 4 fully saturated rings. The summed E-state index contributed by atoms with van der Waals surface area (Å²) in [7, 11) is 4.40. The minimum absolute atomic E-state index is 0.0246. The lowest BCUT2D eigenvalue weighted by Crippen LogP contribution is -2.56. The summed E-state index contributed by atoms with van der Waals surface area (Å²) in [5, 5.41) is 0. The molecule has 5 rings (SSSR count). The molecule has 0 atom stereocenters. The van der Waals surface area contributed by atoms with Gasteiger partial charge in [-0.2, -0.15) is 0 Å². The van der Waals surface area contributed by atoms with Crippen LogP contribution in [0.5, 0.6) is 0 Å². The molecule has 0 unspecified atom stereocenters. The number of carbonyl (C=O) groups excluding carboxylic acids is 2. The monoisotopic (exact) mass is 466 g/mol. The summed E-state index contributed by atoms with van der Waals surface area (Å²) in [6, 6.07) is 11.1. The average molecular weight is 467 g/mol. The predicted octanol–water partition coefficient (Wildman–Crippen LogP) is 4.31. The summed E-state index contributed by atoms with van der Waals surface area (Å²) in [6.45, 7) is 4.02. The zero-order valence-corrected chi connectivity index (χ0v) is 21.2. The standard InChI is InChI=1S/C28H42N4O2/c1-29(2)28(24-11-4-3-5-12-24)16-14-27(15-17-28)22-31(20-13-25(33)30-18-6-7-19-30)26(34)32(27)21-23-9-8-10-23/h3-5,11-12,23H,6-10,13-22H2,1-2H3/t27-,28+. The van der Waals surface area contributed by atoms with Crippen molar-refractivity contribution in [3.63, 3.8) is 0 Å². The Balaban J connectivity index is 1.32. The van der Waals surface area contributed by atoms with Crippen LogP contribution in [0.4, 0.5) is 4.79 Å². The zero-order valence-electron chi connectivity index (χ0n) is 21.2. The van der Waals surface area contributed by atoms with Gasteiger partial charge in [0.1, 0.15) is 0 Å². The Kier molecular flexibility index (Phi) is 6.62. The van der Waals surface area contributed by atoms with Crippen LogP contribution in [0.25, 0.3) is 0 Å². The zero-order chi connectivity index (χ0) is 23.8. The van der Waals surface area contributed by atoms with Crippen LogP contribution in [0.3, 0.4) is 0 Å². The van der Waals surface area contributed by atoms with Crippen molar-refractivity contribution in [1.82, 2.24) is 19.6 Å². The van der Waals surface area contributed by atoms with Gasteiger partial charge in [0, 0.05) is 44.7 Å². The lowest BCUT2D eigenvalue weighted by Gasteiger charge is -2.51. The number of benzene rings is 1. The summed E-state index contributed by atoms with van der Waals surface area (Å²) in [4.78, 5) is 35.0. The maximum absolute atomic E-state index is 13.7. The van der Waals surface area contributed by atoms with Crippen molar-refractivity contribution in [2.24, 2.45) is 5.92 Å². The van der Waals surface area contributed by atoms with Crippen molar-refractivity contribution >= 4 is 11.9 Å². The fourth-order valence-electron chi connectivity index (χ4n) is 6.92. The van der Waals surface area contributed by atoms with Crippen LogP contribution in [0, 0.1) is 5.92 Å². The summed E-state index contributed by atoms with van der Waals surface area (Å²) in [5.74, 6) is 0.873. The van der Waals surface area contributed by atoms with E-state index in [9.17, 15) is 9.59 Å². The highest BCUT2D eigenvalue weighted by Crippen LogP contribution is 2.49. The van der Waals surface area contributed by atoms with E-state index >= 15 is 0 Å². The molecular weight excluding hydrogens is 424 g/mol. The van der Waals surface area contributed by atoms with Gasteiger partial charge < -0.3 is 14.7 Å². The first-order valence-corrected chi connectivity index (χ1v) is 13.5. The SMILES string of the molecule is CN(C)[C@]1(c2ccccc2)CC[C@]2(CC1)CN(CCC(=O)N1CCCC1)C(=O)N2CC1CCC1. The van der Waals surface area contributed by atoms with Crippen LogP contribution in [-0.4, -0.2) is 83.9 Å². The van der Waals surface area contributed by atoms with E-state index in [0.29, 0.717) is 18.9 Å². The van der Waals surface area contributed by atoms with Crippen LogP contribution in [-0.2, 0) is 10.3 Å². The second-order valence-electron chi connectivity index (χ2n) is 11.5. The van der Waals surface area contributed by atoms with Crippen molar-refractivity contribution < 1.29 is 9.59 Å². The van der Waals surface area contributed by atoms with Crippen molar-refractivity contribution in [2.75, 3.05) is 46.8 Å². The number of likely N-dealkylation sites (tertiary alicyclic amines) is 1. The van der Waals surface area contributed by atoms with Gasteiger partial charge in [0.25, 0.3) is 0 Å². The van der Waals surface area contributed by atoms with Crippen LogP contribution < -0.4 is 0 Å². The molecule has 2 aliphatic heterocycles. The normalized spacial score (nSPS) is 30.0. The summed E-state index contributed by atoms with van der Waals surface area (Å²) >= 11 is 0. The number of hydrogen-bond donors (Lipinski definition) is 0. The maximum Gasteiger partial charge on any atom is 0.320 e. The molecule has 2 aliphatic carbocycles. The van der Waals surface area contributed by atoms with Crippen LogP contribution >= 0.6 is 0 Å². The molecule has 1 spiro atoms. The van der Waals surface area contributed by atoms with E-state index in [0.717, 1.165) is 64.7 Å². The first-order chi connectivity index (χ1) is 16.4. The van der Waals surface area contributed by atoms with Crippen molar-refractivity contribution in [3.05, 3.63) is 35.9 Å². The molecule has 34 heavy (non-hydrogen) atoms. The Labute approximate surface area is 205 Å². The van der Waals surface area contributed by atoms with Crippen molar-refractivity contribution in [1.29, 1.82) is 0 Å². The quantitative estimate of drug-likeness (QED) is 0.602. The van der Waals surface area contributed by atoms with Gasteiger partial charge in [-0.1, -0.05) is 36.8 Å². The van der Waals surface area contributed by atoms with E-state index in [-0.39, 0.29) is 23.0 Å². The third-order valence-electron chi connectivity index (χ3n) is 9.45. The second-order valence-corrected chi connectivity index (χ2v) is 11.5. The fraction of sp³-hybridized carbons (Fsp3) is 0.714. The smallest absolute Gasteiger partial charge is 0.320 e. The molecule has 2 saturated carbocycles. The molecule has 1 aromatic rings. The third-order valence-corrected chi connectivity index (χ3v) is 9.45. The molecule has 2 saturated heterocycles. The number of urea groups is 1. The van der Waals surface area contributed by atoms with E-state index in [1.54, 1.807) is 0 Å². The Morgan fingerprint density at radius 3 is 2.26 bits per heavy atom. The lowest BCUT2D eigenvalue weighted by atomic mass is 9.68. The van der Waals surface area contributed by atoms with E-state index in [2.05, 4.69) is 54.2 Å². The summed E-state index contributed by atoms with van der Waals surface area (Å²) < 4.78 is 0. The Bertz CT molecular complexity index is 868. The number of nitrogens with zero attached hydrogens (tertiary/aromatic N) is 4. The van der Waals surface area contributed by atoms with E-state index in [1.807, 2.05) is 9.80 Å². The molecule has 1 aromatic carbocycles. The highest BCUT2D eigenvalue weighted by Gasteiger charge is 2.54.